The first-order valence-electron chi connectivity index (χ1n) is 10.2. The second-order valence-electron chi connectivity index (χ2n) is 7.49. The molecule has 36 heavy (non-hydrogen) atoms. The van der Waals surface area contributed by atoms with E-state index in [1.165, 1.54) is 31.4 Å². The molecule has 0 saturated carbocycles. The third kappa shape index (κ3) is 6.62. The number of amides is 1. The lowest BCUT2D eigenvalue weighted by Gasteiger charge is -2.15. The first-order chi connectivity index (χ1) is 16.9. The number of halogens is 3. The number of methoxy groups -OCH3 is 1. The second kappa shape index (κ2) is 11.1. The average Bonchev–Trinajstić information content (AvgIpc) is 3.06. The predicted octanol–water partition coefficient (Wildman–Crippen LogP) is 3.83. The molecule has 1 atom stereocenters. The van der Waals surface area contributed by atoms with Gasteiger partial charge in [0, 0.05) is 0 Å². The summed E-state index contributed by atoms with van der Waals surface area (Å²) in [4.78, 5) is 35.6. The Bertz CT molecular complexity index is 1230. The van der Waals surface area contributed by atoms with Crippen molar-refractivity contribution in [1.82, 2.24) is 4.90 Å². The van der Waals surface area contributed by atoms with Gasteiger partial charge in [-0.1, -0.05) is 42.2 Å². The molecule has 0 unspecified atom stereocenters. The van der Waals surface area contributed by atoms with Crippen LogP contribution in [0, 0.1) is 0 Å². The smallest absolute Gasteiger partial charge is 0.420 e. The van der Waals surface area contributed by atoms with Gasteiger partial charge in [-0.3, -0.25) is 19.3 Å². The molecule has 3 rings (SSSR count). The van der Waals surface area contributed by atoms with Gasteiger partial charge >= 0.3 is 18.1 Å². The highest BCUT2D eigenvalue weighted by Crippen LogP contribution is 2.40. The summed E-state index contributed by atoms with van der Waals surface area (Å²) in [7, 11) is 1.21. The quantitative estimate of drug-likeness (QED) is 0.293. The van der Waals surface area contributed by atoms with Crippen molar-refractivity contribution in [1.29, 1.82) is 0 Å². The summed E-state index contributed by atoms with van der Waals surface area (Å²) in [5.41, 5.74) is 5.35. The summed E-state index contributed by atoms with van der Waals surface area (Å²) in [6.07, 6.45) is -3.39. The topological polar surface area (TPSA) is 119 Å². The van der Waals surface area contributed by atoms with E-state index in [-0.39, 0.29) is 27.0 Å². The summed E-state index contributed by atoms with van der Waals surface area (Å²) in [6.45, 7) is -0.643. The van der Waals surface area contributed by atoms with Crippen molar-refractivity contribution >= 4 is 52.2 Å². The average molecular weight is 541 g/mol. The number of hydrogen-bond donors (Lipinski definition) is 2. The van der Waals surface area contributed by atoms with Crippen LogP contribution in [0.3, 0.4) is 0 Å². The molecule has 1 aliphatic heterocycles. The Hall–Kier alpha value is -3.42. The number of aliphatic carboxylic acids is 1. The van der Waals surface area contributed by atoms with Crippen LogP contribution in [0.2, 0.25) is 0 Å². The zero-order valence-corrected chi connectivity index (χ0v) is 20.2. The van der Waals surface area contributed by atoms with Crippen molar-refractivity contribution in [3.63, 3.8) is 0 Å². The number of carboxylic acids is 1. The molecule has 1 fully saturated rings. The first-order valence-corrected chi connectivity index (χ1v) is 11.4. The van der Waals surface area contributed by atoms with Crippen LogP contribution in [0.15, 0.2) is 47.4 Å². The highest BCUT2D eigenvalue weighted by molar-refractivity contribution is 8.26. The molecule has 2 aromatic carbocycles. The van der Waals surface area contributed by atoms with Gasteiger partial charge in [-0.05, 0) is 47.9 Å². The molecule has 3 N–H and O–H groups in total. The summed E-state index contributed by atoms with van der Waals surface area (Å²) in [6, 6.07) is 8.42. The Morgan fingerprint density at radius 3 is 2.47 bits per heavy atom. The Morgan fingerprint density at radius 2 is 1.89 bits per heavy atom. The van der Waals surface area contributed by atoms with Crippen molar-refractivity contribution in [3.8, 4) is 11.5 Å². The van der Waals surface area contributed by atoms with Crippen molar-refractivity contribution in [2.24, 2.45) is 5.73 Å². The van der Waals surface area contributed by atoms with Gasteiger partial charge in [0.15, 0.2) is 0 Å². The van der Waals surface area contributed by atoms with Crippen LogP contribution in [0.1, 0.15) is 16.7 Å². The van der Waals surface area contributed by atoms with Crippen LogP contribution in [0.5, 0.6) is 11.5 Å². The van der Waals surface area contributed by atoms with E-state index in [1.807, 2.05) is 0 Å². The maximum Gasteiger partial charge on any atom is 0.420 e. The van der Waals surface area contributed by atoms with Gasteiger partial charge in [0.1, 0.15) is 28.4 Å². The molecule has 0 radical (unpaired) electrons. The number of nitrogens with zero attached hydrogens (tertiary/aromatic N) is 1. The van der Waals surface area contributed by atoms with Gasteiger partial charge in [0.05, 0.1) is 17.6 Å². The second-order valence-corrected chi connectivity index (χ2v) is 9.17. The molecular formula is C23H19F3N2O6S2. The minimum absolute atomic E-state index is 0.000590. The summed E-state index contributed by atoms with van der Waals surface area (Å²) in [5, 5.41) is 8.90. The van der Waals surface area contributed by atoms with E-state index in [0.29, 0.717) is 5.56 Å². The van der Waals surface area contributed by atoms with Crippen LogP contribution in [0.25, 0.3) is 6.08 Å². The number of rotatable bonds is 8. The molecule has 1 amide bonds. The molecule has 1 saturated heterocycles. The highest BCUT2D eigenvalue weighted by atomic mass is 32.2. The number of hydrogen-bond acceptors (Lipinski definition) is 8. The Balaban J connectivity index is 1.82. The molecular weight excluding hydrogens is 521 g/mol. The van der Waals surface area contributed by atoms with E-state index < -0.39 is 47.9 Å². The monoisotopic (exact) mass is 540 g/mol. The third-order valence-electron chi connectivity index (χ3n) is 4.88. The summed E-state index contributed by atoms with van der Waals surface area (Å²) >= 11 is 5.80. The molecule has 1 aliphatic rings. The largest absolute Gasteiger partial charge is 0.480 e. The molecule has 1 heterocycles. The Kier molecular flexibility index (Phi) is 8.38. The van der Waals surface area contributed by atoms with Crippen LogP contribution < -0.4 is 10.5 Å². The van der Waals surface area contributed by atoms with Crippen LogP contribution in [-0.4, -0.2) is 51.9 Å². The van der Waals surface area contributed by atoms with Gasteiger partial charge in [-0.25, -0.2) is 0 Å². The number of benzene rings is 2. The van der Waals surface area contributed by atoms with Crippen molar-refractivity contribution in [2.45, 2.75) is 18.6 Å². The van der Waals surface area contributed by atoms with Gasteiger partial charge in [0.2, 0.25) is 0 Å². The normalized spacial score (nSPS) is 15.8. The number of thioether (sulfide) groups is 1. The Labute approximate surface area is 212 Å². The third-order valence-corrected chi connectivity index (χ3v) is 6.26. The Morgan fingerprint density at radius 1 is 1.22 bits per heavy atom. The maximum absolute atomic E-state index is 13.8. The van der Waals surface area contributed by atoms with Crippen LogP contribution in [0.4, 0.5) is 13.2 Å². The van der Waals surface area contributed by atoms with E-state index in [9.17, 15) is 27.6 Å². The first kappa shape index (κ1) is 27.2. The maximum atomic E-state index is 13.8. The zero-order valence-electron chi connectivity index (χ0n) is 18.6. The van der Waals surface area contributed by atoms with Gasteiger partial charge in [0.25, 0.3) is 5.91 Å². The number of esters is 1. The van der Waals surface area contributed by atoms with Crippen molar-refractivity contribution in [2.75, 3.05) is 13.7 Å². The molecule has 0 aliphatic carbocycles. The standard InChI is InChI=1S/C23H19F3N2O6S2/c1-33-21(32)16(27)9-12-2-5-14(6-3-12)34-17-7-4-13(8-15(17)23(24,25)26)10-18-20(31)28(11-19(29)30)22(35)36-18/h2-8,10,16H,9,11,27H2,1H3,(H,29,30)/b18-10-/t16-/m0/s1. The summed E-state index contributed by atoms with van der Waals surface area (Å²) < 4.78 is 51.4. The molecule has 190 valence electrons. The van der Waals surface area contributed by atoms with Gasteiger partial charge in [-0.15, -0.1) is 0 Å². The zero-order chi connectivity index (χ0) is 26.6. The van der Waals surface area contributed by atoms with Crippen molar-refractivity contribution < 1.29 is 42.1 Å². The lowest BCUT2D eigenvalue weighted by molar-refractivity contribution is -0.142. The minimum atomic E-state index is -4.77. The molecule has 8 nitrogen and oxygen atoms in total. The van der Waals surface area contributed by atoms with E-state index in [1.54, 1.807) is 12.1 Å². The molecule has 0 aromatic heterocycles. The summed E-state index contributed by atoms with van der Waals surface area (Å²) in [5.74, 6) is -2.90. The van der Waals surface area contributed by atoms with Crippen LogP contribution >= 0.6 is 24.0 Å². The van der Waals surface area contributed by atoms with E-state index >= 15 is 0 Å². The number of carbonyl (C=O) groups is 3. The molecule has 0 bridgehead atoms. The minimum Gasteiger partial charge on any atom is -0.480 e. The fraction of sp³-hybridized carbons (Fsp3) is 0.217. The van der Waals surface area contributed by atoms with Crippen LogP contribution in [-0.2, 0) is 31.7 Å². The van der Waals surface area contributed by atoms with Gasteiger partial charge in [-0.2, -0.15) is 13.2 Å². The fourth-order valence-corrected chi connectivity index (χ4v) is 4.44. The number of carboxylic acid groups (broad SMARTS) is 1. The number of alkyl halides is 3. The number of carbonyl (C=O) groups excluding carboxylic acids is 2. The van der Waals surface area contributed by atoms with Gasteiger partial charge < -0.3 is 20.3 Å². The molecule has 13 heteroatoms. The van der Waals surface area contributed by atoms with E-state index in [0.717, 1.165) is 28.8 Å². The molecule has 2 aromatic rings. The van der Waals surface area contributed by atoms with E-state index in [4.69, 9.17) is 27.8 Å². The fourth-order valence-electron chi connectivity index (χ4n) is 3.18. The number of thiocarbonyl (C=S) groups is 1. The van der Waals surface area contributed by atoms with Crippen molar-refractivity contribution in [3.05, 3.63) is 64.1 Å². The number of nitrogens with two attached hydrogens (primary N) is 1. The predicted molar refractivity (Wildman–Crippen MR) is 129 cm³/mol. The lowest BCUT2D eigenvalue weighted by Crippen LogP contribution is -2.33. The highest BCUT2D eigenvalue weighted by Gasteiger charge is 2.36. The SMILES string of the molecule is COC(=O)[C@@H](N)Cc1ccc(Oc2ccc(/C=C3\SC(=S)N(CC(=O)O)C3=O)cc2C(F)(F)F)cc1. The molecule has 0 spiro atoms. The number of ether oxygens (including phenoxy) is 2. The van der Waals surface area contributed by atoms with E-state index in [2.05, 4.69) is 4.74 Å². The lowest BCUT2D eigenvalue weighted by atomic mass is 10.1.